The number of rotatable bonds is 3. The van der Waals surface area contributed by atoms with Crippen LogP contribution in [0.4, 0.5) is 5.69 Å². The lowest BCUT2D eigenvalue weighted by molar-refractivity contribution is 0.340. The molecule has 0 unspecified atom stereocenters. The average Bonchev–Trinajstić information content (AvgIpc) is 2.83. The Morgan fingerprint density at radius 1 is 1.05 bits per heavy atom. The molecule has 0 N–H and O–H groups in total. The molecule has 0 fully saturated rings. The minimum absolute atomic E-state index is 0.711. The van der Waals surface area contributed by atoms with Gasteiger partial charge in [-0.2, -0.15) is 0 Å². The Labute approximate surface area is 122 Å². The topological polar surface area (TPSA) is 12.5 Å². The molecule has 0 saturated heterocycles. The van der Waals surface area contributed by atoms with Crippen LogP contribution in [-0.4, -0.2) is 6.61 Å². The number of halogens is 1. The maximum absolute atomic E-state index is 5.48. The highest BCUT2D eigenvalue weighted by atomic mass is 79.9. The van der Waals surface area contributed by atoms with Crippen molar-refractivity contribution in [3.05, 3.63) is 58.1 Å². The maximum atomic E-state index is 5.48. The van der Waals surface area contributed by atoms with E-state index in [1.807, 2.05) is 19.1 Å². The van der Waals surface area contributed by atoms with Crippen molar-refractivity contribution in [2.75, 3.05) is 11.5 Å². The molecule has 0 aliphatic carbocycles. The van der Waals surface area contributed by atoms with E-state index < -0.39 is 0 Å². The predicted molar refractivity (Wildman–Crippen MR) is 81.6 cm³/mol. The number of anilines is 1. The lowest BCUT2D eigenvalue weighted by Crippen LogP contribution is -2.14. The third-order valence-corrected chi connectivity index (χ3v) is 3.90. The van der Waals surface area contributed by atoms with Crippen molar-refractivity contribution in [1.29, 1.82) is 0 Å². The Bertz CT molecular complexity index is 580. The summed E-state index contributed by atoms with van der Waals surface area (Å²) in [5.74, 6) is 0.936. The van der Waals surface area contributed by atoms with E-state index in [9.17, 15) is 0 Å². The Hall–Kier alpha value is -1.48. The van der Waals surface area contributed by atoms with E-state index in [2.05, 4.69) is 51.2 Å². The molecule has 0 saturated carbocycles. The van der Waals surface area contributed by atoms with Crippen LogP contribution < -0.4 is 9.64 Å². The minimum atomic E-state index is 0.711. The van der Waals surface area contributed by atoms with Gasteiger partial charge in [0.2, 0.25) is 0 Å². The number of benzene rings is 2. The van der Waals surface area contributed by atoms with Crippen molar-refractivity contribution < 1.29 is 4.74 Å². The average molecular weight is 318 g/mol. The quantitative estimate of drug-likeness (QED) is 0.833. The molecule has 0 aromatic heterocycles. The normalized spacial score (nSPS) is 13.5. The molecule has 0 spiro atoms. The Morgan fingerprint density at radius 3 is 2.53 bits per heavy atom. The lowest BCUT2D eigenvalue weighted by Gasteiger charge is -2.18. The summed E-state index contributed by atoms with van der Waals surface area (Å²) in [6, 6.07) is 14.9. The molecule has 2 nitrogen and oxygen atoms in total. The zero-order valence-corrected chi connectivity index (χ0v) is 12.5. The van der Waals surface area contributed by atoms with Crippen LogP contribution in [0.5, 0.6) is 5.75 Å². The number of ether oxygens (including phenoxy) is 1. The molecular weight excluding hydrogens is 302 g/mol. The molecule has 2 aromatic carbocycles. The van der Waals surface area contributed by atoms with E-state index in [1.54, 1.807) is 0 Å². The van der Waals surface area contributed by atoms with Gasteiger partial charge < -0.3 is 9.64 Å². The van der Waals surface area contributed by atoms with E-state index in [1.165, 1.54) is 16.8 Å². The fourth-order valence-corrected chi connectivity index (χ4v) is 2.87. The molecule has 19 heavy (non-hydrogen) atoms. The second-order valence-corrected chi connectivity index (χ2v) is 5.61. The molecule has 0 atom stereocenters. The van der Waals surface area contributed by atoms with Crippen LogP contribution in [0.3, 0.4) is 0 Å². The summed E-state index contributed by atoms with van der Waals surface area (Å²) in [6.45, 7) is 4.67. The molecule has 3 heteroatoms. The Balaban J connectivity index is 1.78. The Kier molecular flexibility index (Phi) is 3.47. The summed E-state index contributed by atoms with van der Waals surface area (Å²) >= 11 is 3.53. The third kappa shape index (κ3) is 2.61. The molecule has 3 rings (SSSR count). The maximum Gasteiger partial charge on any atom is 0.119 e. The van der Waals surface area contributed by atoms with Crippen LogP contribution in [-0.2, 0) is 13.1 Å². The monoisotopic (exact) mass is 317 g/mol. The summed E-state index contributed by atoms with van der Waals surface area (Å²) < 4.78 is 6.63. The van der Waals surface area contributed by atoms with Crippen molar-refractivity contribution in [1.82, 2.24) is 0 Å². The van der Waals surface area contributed by atoms with Crippen LogP contribution in [0.25, 0.3) is 0 Å². The Morgan fingerprint density at radius 2 is 1.79 bits per heavy atom. The number of hydrogen-bond acceptors (Lipinski definition) is 2. The first-order valence-electron chi connectivity index (χ1n) is 6.51. The molecule has 98 valence electrons. The second-order valence-electron chi connectivity index (χ2n) is 4.70. The molecule has 1 aliphatic heterocycles. The summed E-state index contributed by atoms with van der Waals surface area (Å²) in [5, 5.41) is 0. The van der Waals surface area contributed by atoms with E-state index in [-0.39, 0.29) is 0 Å². The highest BCUT2D eigenvalue weighted by Gasteiger charge is 2.19. The largest absolute Gasteiger partial charge is 0.494 e. The highest BCUT2D eigenvalue weighted by molar-refractivity contribution is 9.10. The molecule has 0 amide bonds. The number of hydrogen-bond donors (Lipinski definition) is 0. The van der Waals surface area contributed by atoms with Gasteiger partial charge in [0.25, 0.3) is 0 Å². The van der Waals surface area contributed by atoms with Crippen LogP contribution in [0.15, 0.2) is 46.9 Å². The first-order chi connectivity index (χ1) is 9.26. The van der Waals surface area contributed by atoms with E-state index in [0.29, 0.717) is 6.61 Å². The van der Waals surface area contributed by atoms with Gasteiger partial charge in [-0.15, -0.1) is 0 Å². The number of fused-ring (bicyclic) bond motifs is 1. The van der Waals surface area contributed by atoms with Crippen molar-refractivity contribution >= 4 is 21.6 Å². The summed E-state index contributed by atoms with van der Waals surface area (Å²) in [6.07, 6.45) is 0. The predicted octanol–water partition coefficient (Wildman–Crippen LogP) is 4.37. The van der Waals surface area contributed by atoms with Crippen LogP contribution in [0, 0.1) is 0 Å². The molecule has 0 radical (unpaired) electrons. The SMILES string of the molecule is CCOc1ccc(N2Cc3ccc(Br)cc3C2)cc1. The fourth-order valence-electron chi connectivity index (χ4n) is 2.47. The lowest BCUT2D eigenvalue weighted by atomic mass is 10.1. The molecule has 0 bridgehead atoms. The molecule has 1 aliphatic rings. The fraction of sp³-hybridized carbons (Fsp3) is 0.250. The molecule has 2 aromatic rings. The summed E-state index contributed by atoms with van der Waals surface area (Å²) in [4.78, 5) is 2.38. The van der Waals surface area contributed by atoms with Gasteiger partial charge in [-0.25, -0.2) is 0 Å². The van der Waals surface area contributed by atoms with Gasteiger partial charge >= 0.3 is 0 Å². The first-order valence-corrected chi connectivity index (χ1v) is 7.30. The van der Waals surface area contributed by atoms with E-state index >= 15 is 0 Å². The minimum Gasteiger partial charge on any atom is -0.494 e. The van der Waals surface area contributed by atoms with Gasteiger partial charge in [0.1, 0.15) is 5.75 Å². The van der Waals surface area contributed by atoms with Crippen LogP contribution >= 0.6 is 15.9 Å². The van der Waals surface area contributed by atoms with Crippen molar-refractivity contribution in [3.63, 3.8) is 0 Å². The van der Waals surface area contributed by atoms with Crippen LogP contribution in [0.2, 0.25) is 0 Å². The smallest absolute Gasteiger partial charge is 0.119 e. The summed E-state index contributed by atoms with van der Waals surface area (Å²) in [7, 11) is 0. The van der Waals surface area contributed by atoms with Gasteiger partial charge in [-0.05, 0) is 54.4 Å². The van der Waals surface area contributed by atoms with Gasteiger partial charge in [-0.3, -0.25) is 0 Å². The van der Waals surface area contributed by atoms with Crippen molar-refractivity contribution in [2.24, 2.45) is 0 Å². The molecular formula is C16H16BrNO. The van der Waals surface area contributed by atoms with Gasteiger partial charge in [-0.1, -0.05) is 22.0 Å². The standard InChI is InChI=1S/C16H16BrNO/c1-2-19-16-7-5-15(6-8-16)18-10-12-3-4-14(17)9-13(12)11-18/h3-9H,2,10-11H2,1H3. The zero-order chi connectivity index (χ0) is 13.2. The molecule has 1 heterocycles. The van der Waals surface area contributed by atoms with E-state index in [4.69, 9.17) is 4.74 Å². The number of nitrogens with zero attached hydrogens (tertiary/aromatic N) is 1. The highest BCUT2D eigenvalue weighted by Crippen LogP contribution is 2.30. The van der Waals surface area contributed by atoms with Gasteiger partial charge in [0.15, 0.2) is 0 Å². The van der Waals surface area contributed by atoms with Crippen LogP contribution in [0.1, 0.15) is 18.1 Å². The van der Waals surface area contributed by atoms with Crippen molar-refractivity contribution in [3.8, 4) is 5.75 Å². The van der Waals surface area contributed by atoms with Crippen molar-refractivity contribution in [2.45, 2.75) is 20.0 Å². The van der Waals surface area contributed by atoms with E-state index in [0.717, 1.165) is 23.3 Å². The third-order valence-electron chi connectivity index (χ3n) is 3.40. The van der Waals surface area contributed by atoms with Gasteiger partial charge in [0, 0.05) is 23.2 Å². The summed E-state index contributed by atoms with van der Waals surface area (Å²) in [5.41, 5.74) is 4.07. The van der Waals surface area contributed by atoms with Gasteiger partial charge in [0.05, 0.1) is 6.61 Å². The first kappa shape index (κ1) is 12.5. The zero-order valence-electron chi connectivity index (χ0n) is 10.9. The second kappa shape index (κ2) is 5.25.